The number of methoxy groups -OCH3 is 1. The number of hydrogen-bond donors (Lipinski definition) is 0. The van der Waals surface area contributed by atoms with E-state index in [1.54, 1.807) is 30.5 Å². The molecule has 3 nitrogen and oxygen atoms in total. The summed E-state index contributed by atoms with van der Waals surface area (Å²) in [6.07, 6.45) is 1.55. The molecule has 0 aliphatic carbocycles. The van der Waals surface area contributed by atoms with Crippen LogP contribution in [0.2, 0.25) is 0 Å². The van der Waals surface area contributed by atoms with Gasteiger partial charge in [0.1, 0.15) is 0 Å². The Bertz CT molecular complexity index is 579. The third-order valence-electron chi connectivity index (χ3n) is 2.33. The number of hydrogen-bond acceptors (Lipinski definition) is 3. The van der Waals surface area contributed by atoms with Crippen molar-refractivity contribution in [3.63, 3.8) is 0 Å². The number of aromatic nitrogens is 1. The van der Waals surface area contributed by atoms with Gasteiger partial charge < -0.3 is 4.74 Å². The number of ketones is 1. The molecule has 0 aliphatic rings. The Morgan fingerprint density at radius 2 is 1.78 bits per heavy atom. The molecule has 0 N–H and O–H groups in total. The molecule has 0 unspecified atom stereocenters. The molecule has 1 aromatic carbocycles. The molecule has 0 atom stereocenters. The normalized spacial score (nSPS) is 10.2. The number of halogens is 2. The Hall–Kier alpha value is -1.20. The van der Waals surface area contributed by atoms with Gasteiger partial charge in [0, 0.05) is 32.3 Å². The first-order chi connectivity index (χ1) is 8.60. The topological polar surface area (TPSA) is 39.2 Å². The number of rotatable bonds is 3. The summed E-state index contributed by atoms with van der Waals surface area (Å²) < 4.78 is 6.70. The fourth-order valence-electron chi connectivity index (χ4n) is 1.51. The summed E-state index contributed by atoms with van der Waals surface area (Å²) in [5.74, 6) is 0.354. The molecule has 5 heteroatoms. The Balaban J connectivity index is 2.41. The van der Waals surface area contributed by atoms with Crippen LogP contribution in [0.5, 0.6) is 5.88 Å². The molecule has 0 saturated heterocycles. The van der Waals surface area contributed by atoms with Gasteiger partial charge in [-0.05, 0) is 24.3 Å². The fourth-order valence-corrected chi connectivity index (χ4v) is 2.81. The van der Waals surface area contributed by atoms with Gasteiger partial charge >= 0.3 is 0 Å². The number of benzene rings is 1. The van der Waals surface area contributed by atoms with Crippen molar-refractivity contribution in [2.45, 2.75) is 0 Å². The summed E-state index contributed by atoms with van der Waals surface area (Å²) in [4.78, 5) is 16.3. The lowest BCUT2D eigenvalue weighted by molar-refractivity contribution is 0.103. The second-order valence-corrected chi connectivity index (χ2v) is 5.41. The SMILES string of the molecule is COc1cc(C(=O)c2cc(Br)cc(Br)c2)ccn1. The molecule has 0 fully saturated rings. The summed E-state index contributed by atoms with van der Waals surface area (Å²) in [6, 6.07) is 8.72. The van der Waals surface area contributed by atoms with Crippen molar-refractivity contribution in [2.24, 2.45) is 0 Å². The Kier molecular flexibility index (Phi) is 4.14. The molecule has 0 bridgehead atoms. The maximum absolute atomic E-state index is 12.3. The predicted octanol–water partition coefficient (Wildman–Crippen LogP) is 3.85. The van der Waals surface area contributed by atoms with Crippen LogP contribution in [0.1, 0.15) is 15.9 Å². The third kappa shape index (κ3) is 2.97. The minimum absolute atomic E-state index is 0.0716. The molecular weight excluding hydrogens is 362 g/mol. The van der Waals surface area contributed by atoms with Gasteiger partial charge in [-0.3, -0.25) is 4.79 Å². The van der Waals surface area contributed by atoms with E-state index in [1.807, 2.05) is 6.07 Å². The van der Waals surface area contributed by atoms with Crippen LogP contribution in [0.15, 0.2) is 45.5 Å². The van der Waals surface area contributed by atoms with Gasteiger partial charge in [-0.15, -0.1) is 0 Å². The van der Waals surface area contributed by atoms with E-state index in [9.17, 15) is 4.79 Å². The first-order valence-electron chi connectivity index (χ1n) is 5.11. The largest absolute Gasteiger partial charge is 0.481 e. The number of nitrogens with zero attached hydrogens (tertiary/aromatic N) is 1. The highest BCUT2D eigenvalue weighted by Crippen LogP contribution is 2.22. The molecule has 1 heterocycles. The summed E-state index contributed by atoms with van der Waals surface area (Å²) >= 11 is 6.73. The highest BCUT2D eigenvalue weighted by atomic mass is 79.9. The molecule has 0 spiro atoms. The van der Waals surface area contributed by atoms with Gasteiger partial charge in [0.25, 0.3) is 0 Å². The van der Waals surface area contributed by atoms with Crippen molar-refractivity contribution in [2.75, 3.05) is 7.11 Å². The van der Waals surface area contributed by atoms with Crippen molar-refractivity contribution < 1.29 is 9.53 Å². The molecule has 0 aliphatic heterocycles. The zero-order valence-corrected chi connectivity index (χ0v) is 12.7. The lowest BCUT2D eigenvalue weighted by Gasteiger charge is -2.04. The molecule has 0 saturated carbocycles. The second-order valence-electron chi connectivity index (χ2n) is 3.57. The van der Waals surface area contributed by atoms with Crippen LogP contribution in [0.4, 0.5) is 0 Å². The maximum Gasteiger partial charge on any atom is 0.213 e. The van der Waals surface area contributed by atoms with E-state index in [4.69, 9.17) is 4.74 Å². The smallest absolute Gasteiger partial charge is 0.213 e. The number of carbonyl (C=O) groups is 1. The van der Waals surface area contributed by atoms with Gasteiger partial charge in [-0.1, -0.05) is 31.9 Å². The number of pyridine rings is 1. The van der Waals surface area contributed by atoms with Crippen molar-refractivity contribution in [3.05, 3.63) is 56.6 Å². The van der Waals surface area contributed by atoms with E-state index in [1.165, 1.54) is 7.11 Å². The molecule has 2 rings (SSSR count). The molecule has 18 heavy (non-hydrogen) atoms. The van der Waals surface area contributed by atoms with Crippen molar-refractivity contribution in [1.29, 1.82) is 0 Å². The van der Waals surface area contributed by atoms with Crippen LogP contribution in [-0.4, -0.2) is 17.9 Å². The lowest BCUT2D eigenvalue weighted by Crippen LogP contribution is -2.02. The van der Waals surface area contributed by atoms with E-state index < -0.39 is 0 Å². The van der Waals surface area contributed by atoms with Crippen molar-refractivity contribution >= 4 is 37.6 Å². The second kappa shape index (κ2) is 5.63. The van der Waals surface area contributed by atoms with Gasteiger partial charge in [-0.25, -0.2) is 4.98 Å². The van der Waals surface area contributed by atoms with E-state index in [-0.39, 0.29) is 5.78 Å². The fraction of sp³-hybridized carbons (Fsp3) is 0.0769. The van der Waals surface area contributed by atoms with Crippen LogP contribution in [-0.2, 0) is 0 Å². The van der Waals surface area contributed by atoms with E-state index in [2.05, 4.69) is 36.8 Å². The molecule has 2 aromatic rings. The summed E-state index contributed by atoms with van der Waals surface area (Å²) in [5, 5.41) is 0. The van der Waals surface area contributed by atoms with E-state index in [0.717, 1.165) is 8.95 Å². The lowest BCUT2D eigenvalue weighted by atomic mass is 10.0. The maximum atomic E-state index is 12.3. The van der Waals surface area contributed by atoms with Crippen molar-refractivity contribution in [1.82, 2.24) is 4.98 Å². The van der Waals surface area contributed by atoms with Gasteiger partial charge in [-0.2, -0.15) is 0 Å². The van der Waals surface area contributed by atoms with Crippen molar-refractivity contribution in [3.8, 4) is 5.88 Å². The van der Waals surface area contributed by atoms with Gasteiger partial charge in [0.15, 0.2) is 5.78 Å². The highest BCUT2D eigenvalue weighted by Gasteiger charge is 2.11. The highest BCUT2D eigenvalue weighted by molar-refractivity contribution is 9.11. The quantitative estimate of drug-likeness (QED) is 0.770. The van der Waals surface area contributed by atoms with E-state index >= 15 is 0 Å². The molecule has 0 radical (unpaired) electrons. The first-order valence-corrected chi connectivity index (χ1v) is 6.69. The van der Waals surface area contributed by atoms with Crippen LogP contribution < -0.4 is 4.74 Å². The van der Waals surface area contributed by atoms with Gasteiger partial charge in [0.2, 0.25) is 5.88 Å². The predicted molar refractivity (Wildman–Crippen MR) is 76.1 cm³/mol. The van der Waals surface area contributed by atoms with Crippen LogP contribution in [0.3, 0.4) is 0 Å². The zero-order valence-electron chi connectivity index (χ0n) is 9.48. The molecule has 1 aromatic heterocycles. The summed E-state index contributed by atoms with van der Waals surface area (Å²) in [6.45, 7) is 0. The average molecular weight is 371 g/mol. The summed E-state index contributed by atoms with van der Waals surface area (Å²) in [7, 11) is 1.52. The minimum Gasteiger partial charge on any atom is -0.481 e. The molecular formula is C13H9Br2NO2. The number of carbonyl (C=O) groups excluding carboxylic acids is 1. The third-order valence-corrected chi connectivity index (χ3v) is 3.25. The summed E-state index contributed by atoms with van der Waals surface area (Å²) in [5.41, 5.74) is 1.15. The molecule has 92 valence electrons. The zero-order chi connectivity index (χ0) is 13.1. The Morgan fingerprint density at radius 1 is 1.11 bits per heavy atom. The Labute approximate surface area is 121 Å². The van der Waals surface area contributed by atoms with Crippen LogP contribution in [0.25, 0.3) is 0 Å². The first kappa shape index (κ1) is 13.2. The average Bonchev–Trinajstić information content (AvgIpc) is 2.37. The van der Waals surface area contributed by atoms with E-state index in [0.29, 0.717) is 17.0 Å². The van der Waals surface area contributed by atoms with Crippen LogP contribution >= 0.6 is 31.9 Å². The monoisotopic (exact) mass is 369 g/mol. The standard InChI is InChI=1S/C13H9Br2NO2/c1-18-12-6-8(2-3-16-12)13(17)9-4-10(14)7-11(15)5-9/h2-7H,1H3. The Morgan fingerprint density at radius 3 is 2.39 bits per heavy atom. The van der Waals surface area contributed by atoms with Gasteiger partial charge in [0.05, 0.1) is 7.11 Å². The minimum atomic E-state index is -0.0716. The van der Waals surface area contributed by atoms with Crippen LogP contribution in [0, 0.1) is 0 Å². The number of ether oxygens (including phenoxy) is 1. The molecule has 0 amide bonds.